The van der Waals surface area contributed by atoms with Crippen LogP contribution in [0.5, 0.6) is 0 Å². The summed E-state index contributed by atoms with van der Waals surface area (Å²) in [6, 6.07) is 2.08. The average Bonchev–Trinajstić information content (AvgIpc) is 2.24. The van der Waals surface area contributed by atoms with E-state index in [0.29, 0.717) is 6.54 Å². The van der Waals surface area contributed by atoms with Gasteiger partial charge in [0, 0.05) is 25.5 Å². The molecule has 0 aliphatic heterocycles. The number of hydrogen-bond acceptors (Lipinski definition) is 3. The van der Waals surface area contributed by atoms with Crippen molar-refractivity contribution in [3.63, 3.8) is 0 Å². The number of carbonyl (C=O) groups is 1. The summed E-state index contributed by atoms with van der Waals surface area (Å²) in [4.78, 5) is 16.7. The predicted octanol–water partition coefficient (Wildman–Crippen LogP) is 1.69. The van der Waals surface area contributed by atoms with Crippen molar-refractivity contribution >= 4 is 5.97 Å². The van der Waals surface area contributed by atoms with Crippen LogP contribution in [-0.2, 0) is 11.3 Å². The van der Waals surface area contributed by atoms with Gasteiger partial charge in [-0.2, -0.15) is 0 Å². The number of aliphatic carboxylic acids is 1. The first-order valence-corrected chi connectivity index (χ1v) is 5.46. The first-order chi connectivity index (χ1) is 7.61. The Balaban J connectivity index is 2.52. The molecule has 0 aliphatic rings. The summed E-state index contributed by atoms with van der Waals surface area (Å²) in [7, 11) is 0. The molecule has 0 atom stereocenters. The van der Waals surface area contributed by atoms with Crippen molar-refractivity contribution in [2.75, 3.05) is 13.1 Å². The van der Waals surface area contributed by atoms with Crippen molar-refractivity contribution in [2.24, 2.45) is 0 Å². The highest BCUT2D eigenvalue weighted by Gasteiger charge is 2.06. The zero-order chi connectivity index (χ0) is 12.0. The monoisotopic (exact) mass is 222 g/mol. The molecule has 0 saturated heterocycles. The number of aryl methyl sites for hydroxylation is 1. The van der Waals surface area contributed by atoms with Gasteiger partial charge in [0.05, 0.1) is 6.42 Å². The molecule has 1 rings (SSSR count). The Labute approximate surface area is 95.9 Å². The third-order valence-electron chi connectivity index (χ3n) is 2.43. The van der Waals surface area contributed by atoms with Crippen LogP contribution in [0.3, 0.4) is 0 Å². The maximum absolute atomic E-state index is 10.5. The van der Waals surface area contributed by atoms with Gasteiger partial charge in [-0.25, -0.2) is 0 Å². The Morgan fingerprint density at radius 3 is 2.81 bits per heavy atom. The second-order valence-electron chi connectivity index (χ2n) is 3.88. The number of rotatable bonds is 6. The maximum atomic E-state index is 10.5. The Morgan fingerprint density at radius 1 is 1.50 bits per heavy atom. The molecule has 0 bridgehead atoms. The second kappa shape index (κ2) is 6.23. The summed E-state index contributed by atoms with van der Waals surface area (Å²) >= 11 is 0. The van der Waals surface area contributed by atoms with E-state index in [4.69, 9.17) is 5.11 Å². The van der Waals surface area contributed by atoms with Gasteiger partial charge in [-0.15, -0.1) is 0 Å². The molecule has 0 amide bonds. The van der Waals surface area contributed by atoms with Crippen LogP contribution in [-0.4, -0.2) is 34.0 Å². The van der Waals surface area contributed by atoms with Crippen molar-refractivity contribution in [2.45, 2.75) is 26.8 Å². The molecule has 0 spiro atoms. The Hall–Kier alpha value is -1.42. The normalized spacial score (nSPS) is 10.7. The Kier molecular flexibility index (Phi) is 4.92. The minimum Gasteiger partial charge on any atom is -0.481 e. The van der Waals surface area contributed by atoms with Gasteiger partial charge in [0.2, 0.25) is 0 Å². The van der Waals surface area contributed by atoms with Gasteiger partial charge in [-0.05, 0) is 24.6 Å². The summed E-state index contributed by atoms with van der Waals surface area (Å²) < 4.78 is 0. The Bertz CT molecular complexity index is 353. The minimum absolute atomic E-state index is 0.188. The van der Waals surface area contributed by atoms with E-state index in [-0.39, 0.29) is 6.42 Å². The molecule has 1 heterocycles. The summed E-state index contributed by atoms with van der Waals surface area (Å²) in [6.07, 6.45) is 3.83. The van der Waals surface area contributed by atoms with E-state index in [1.165, 1.54) is 0 Å². The fraction of sp³-hybridized carbons (Fsp3) is 0.500. The zero-order valence-electron chi connectivity index (χ0n) is 9.81. The SMILES string of the molecule is CCN(CCC(=O)O)Cc1cncc(C)c1. The largest absolute Gasteiger partial charge is 0.481 e. The lowest BCUT2D eigenvalue weighted by Crippen LogP contribution is -2.25. The number of aromatic nitrogens is 1. The summed E-state index contributed by atoms with van der Waals surface area (Å²) in [5, 5.41) is 8.63. The lowest BCUT2D eigenvalue weighted by Gasteiger charge is -2.19. The molecule has 0 unspecified atom stereocenters. The molecular weight excluding hydrogens is 204 g/mol. The van der Waals surface area contributed by atoms with E-state index >= 15 is 0 Å². The van der Waals surface area contributed by atoms with Crippen molar-refractivity contribution in [3.05, 3.63) is 29.6 Å². The Morgan fingerprint density at radius 2 is 2.25 bits per heavy atom. The van der Waals surface area contributed by atoms with Gasteiger partial charge in [0.15, 0.2) is 0 Å². The zero-order valence-corrected chi connectivity index (χ0v) is 9.81. The van der Waals surface area contributed by atoms with E-state index in [0.717, 1.165) is 24.2 Å². The van der Waals surface area contributed by atoms with Crippen LogP contribution >= 0.6 is 0 Å². The highest BCUT2D eigenvalue weighted by atomic mass is 16.4. The van der Waals surface area contributed by atoms with Crippen LogP contribution in [0.4, 0.5) is 0 Å². The van der Waals surface area contributed by atoms with E-state index in [9.17, 15) is 4.79 Å². The smallest absolute Gasteiger partial charge is 0.304 e. The molecule has 4 nitrogen and oxygen atoms in total. The van der Waals surface area contributed by atoms with Gasteiger partial charge in [-0.1, -0.05) is 13.0 Å². The lowest BCUT2D eigenvalue weighted by molar-refractivity contribution is -0.137. The van der Waals surface area contributed by atoms with Crippen molar-refractivity contribution in [1.29, 1.82) is 0 Å². The highest BCUT2D eigenvalue weighted by Crippen LogP contribution is 2.06. The van der Waals surface area contributed by atoms with Gasteiger partial charge in [0.25, 0.3) is 0 Å². The highest BCUT2D eigenvalue weighted by molar-refractivity contribution is 5.66. The van der Waals surface area contributed by atoms with Gasteiger partial charge in [0.1, 0.15) is 0 Å². The topological polar surface area (TPSA) is 53.4 Å². The van der Waals surface area contributed by atoms with E-state index in [2.05, 4.69) is 16.0 Å². The average molecular weight is 222 g/mol. The minimum atomic E-state index is -0.749. The molecule has 0 aliphatic carbocycles. The van der Waals surface area contributed by atoms with E-state index in [1.54, 1.807) is 0 Å². The first-order valence-electron chi connectivity index (χ1n) is 5.46. The standard InChI is InChI=1S/C12H18N2O2/c1-3-14(5-4-12(15)16)9-11-6-10(2)7-13-8-11/h6-8H,3-5,9H2,1-2H3,(H,15,16). The van der Waals surface area contributed by atoms with Crippen molar-refractivity contribution in [3.8, 4) is 0 Å². The lowest BCUT2D eigenvalue weighted by atomic mass is 10.2. The van der Waals surface area contributed by atoms with Crippen LogP contribution in [0.2, 0.25) is 0 Å². The van der Waals surface area contributed by atoms with Crippen LogP contribution in [0.25, 0.3) is 0 Å². The first kappa shape index (κ1) is 12.6. The summed E-state index contributed by atoms with van der Waals surface area (Å²) in [5.74, 6) is -0.749. The molecule has 16 heavy (non-hydrogen) atoms. The molecule has 0 radical (unpaired) electrons. The number of pyridine rings is 1. The molecule has 1 N–H and O–H groups in total. The van der Waals surface area contributed by atoms with E-state index in [1.807, 2.05) is 26.2 Å². The quantitative estimate of drug-likeness (QED) is 0.795. The number of hydrogen-bond donors (Lipinski definition) is 1. The van der Waals surface area contributed by atoms with Crippen LogP contribution in [0.1, 0.15) is 24.5 Å². The number of carboxylic acids is 1. The fourth-order valence-electron chi connectivity index (χ4n) is 1.56. The van der Waals surface area contributed by atoms with Gasteiger partial charge < -0.3 is 5.11 Å². The molecule has 0 saturated carbocycles. The third-order valence-corrected chi connectivity index (χ3v) is 2.43. The van der Waals surface area contributed by atoms with E-state index < -0.39 is 5.97 Å². The number of nitrogens with zero attached hydrogens (tertiary/aromatic N) is 2. The van der Waals surface area contributed by atoms with Crippen LogP contribution < -0.4 is 0 Å². The number of carboxylic acid groups (broad SMARTS) is 1. The van der Waals surface area contributed by atoms with Gasteiger partial charge >= 0.3 is 5.97 Å². The summed E-state index contributed by atoms with van der Waals surface area (Å²) in [6.45, 7) is 6.23. The molecule has 4 heteroatoms. The molecule has 88 valence electrons. The van der Waals surface area contributed by atoms with Crippen LogP contribution in [0, 0.1) is 6.92 Å². The second-order valence-corrected chi connectivity index (χ2v) is 3.88. The molecule has 1 aromatic rings. The van der Waals surface area contributed by atoms with Crippen molar-refractivity contribution < 1.29 is 9.90 Å². The molecular formula is C12H18N2O2. The maximum Gasteiger partial charge on any atom is 0.304 e. The summed E-state index contributed by atoms with van der Waals surface area (Å²) in [5.41, 5.74) is 2.26. The molecule has 1 aromatic heterocycles. The molecule has 0 fully saturated rings. The fourth-order valence-corrected chi connectivity index (χ4v) is 1.56. The predicted molar refractivity (Wildman–Crippen MR) is 62.2 cm³/mol. The van der Waals surface area contributed by atoms with Crippen LogP contribution in [0.15, 0.2) is 18.5 Å². The van der Waals surface area contributed by atoms with Crippen molar-refractivity contribution in [1.82, 2.24) is 9.88 Å². The third kappa shape index (κ3) is 4.40. The molecule has 0 aromatic carbocycles. The van der Waals surface area contributed by atoms with Gasteiger partial charge in [-0.3, -0.25) is 14.7 Å².